The monoisotopic (exact) mass is 452 g/mol. The lowest BCUT2D eigenvalue weighted by Crippen LogP contribution is -2.22. The maximum atomic E-state index is 12.4. The van der Waals surface area contributed by atoms with Gasteiger partial charge in [-0.25, -0.2) is 17.7 Å². The first-order valence-corrected chi connectivity index (χ1v) is 11.2. The molecule has 168 valence electrons. The van der Waals surface area contributed by atoms with Crippen LogP contribution >= 0.6 is 0 Å². The molecule has 0 spiro atoms. The summed E-state index contributed by atoms with van der Waals surface area (Å²) in [5.41, 5.74) is 2.45. The van der Waals surface area contributed by atoms with Crippen molar-refractivity contribution in [3.05, 3.63) is 53.9 Å². The lowest BCUT2D eigenvalue weighted by molar-refractivity contribution is -0.0498. The van der Waals surface area contributed by atoms with Gasteiger partial charge in [-0.1, -0.05) is 12.1 Å². The second-order valence-electron chi connectivity index (χ2n) is 7.40. The van der Waals surface area contributed by atoms with Gasteiger partial charge in [0, 0.05) is 27.2 Å². The molecule has 0 saturated heterocycles. The molecule has 0 aliphatic carbocycles. The van der Waals surface area contributed by atoms with Gasteiger partial charge in [-0.3, -0.25) is 4.90 Å². The highest BCUT2D eigenvalue weighted by Crippen LogP contribution is 2.23. The van der Waals surface area contributed by atoms with Crippen LogP contribution in [0.5, 0.6) is 5.75 Å². The van der Waals surface area contributed by atoms with Gasteiger partial charge in [0.25, 0.3) is 0 Å². The second kappa shape index (κ2) is 9.29. The SMILES string of the molecule is CCn1c(CN(C)Cc2ccc(OC(F)F)cc2)nc2cc(S(=O)(=O)N(C)C)ccc21. The molecule has 0 aliphatic rings. The van der Waals surface area contributed by atoms with Crippen molar-refractivity contribution in [2.45, 2.75) is 38.1 Å². The lowest BCUT2D eigenvalue weighted by Gasteiger charge is -2.17. The largest absolute Gasteiger partial charge is 0.435 e. The fourth-order valence-corrected chi connectivity index (χ4v) is 4.31. The lowest BCUT2D eigenvalue weighted by atomic mass is 10.2. The molecule has 2 aromatic carbocycles. The van der Waals surface area contributed by atoms with Crippen LogP contribution in [0.25, 0.3) is 11.0 Å². The zero-order valence-corrected chi connectivity index (χ0v) is 18.7. The highest BCUT2D eigenvalue weighted by atomic mass is 32.2. The Kier molecular flexibility index (Phi) is 6.93. The summed E-state index contributed by atoms with van der Waals surface area (Å²) in [6.07, 6.45) is 0. The Balaban J connectivity index is 1.80. The minimum absolute atomic E-state index is 0.123. The Hall–Kier alpha value is -2.56. The molecule has 0 atom stereocenters. The van der Waals surface area contributed by atoms with Gasteiger partial charge in [0.1, 0.15) is 11.6 Å². The Morgan fingerprint density at radius 2 is 1.74 bits per heavy atom. The van der Waals surface area contributed by atoms with E-state index in [1.165, 1.54) is 30.5 Å². The minimum Gasteiger partial charge on any atom is -0.435 e. The van der Waals surface area contributed by atoms with Crippen molar-refractivity contribution >= 4 is 21.1 Å². The number of benzene rings is 2. The summed E-state index contributed by atoms with van der Waals surface area (Å²) in [6.45, 7) is 0.981. The summed E-state index contributed by atoms with van der Waals surface area (Å²) in [4.78, 5) is 6.94. The van der Waals surface area contributed by atoms with Gasteiger partial charge in [-0.15, -0.1) is 0 Å². The van der Waals surface area contributed by atoms with Gasteiger partial charge in [0.05, 0.1) is 22.5 Å². The molecule has 0 bridgehead atoms. The summed E-state index contributed by atoms with van der Waals surface area (Å²) in [5.74, 6) is 0.940. The molecule has 0 unspecified atom stereocenters. The number of nitrogens with zero attached hydrogens (tertiary/aromatic N) is 4. The van der Waals surface area contributed by atoms with E-state index in [0.29, 0.717) is 25.2 Å². The zero-order chi connectivity index (χ0) is 22.8. The van der Waals surface area contributed by atoms with E-state index in [1.54, 1.807) is 30.3 Å². The highest BCUT2D eigenvalue weighted by Gasteiger charge is 2.20. The van der Waals surface area contributed by atoms with E-state index in [0.717, 1.165) is 16.9 Å². The van der Waals surface area contributed by atoms with Crippen molar-refractivity contribution in [2.24, 2.45) is 0 Å². The van der Waals surface area contributed by atoms with Crippen molar-refractivity contribution in [3.8, 4) is 5.75 Å². The number of sulfonamides is 1. The van der Waals surface area contributed by atoms with Gasteiger partial charge in [0.2, 0.25) is 10.0 Å². The van der Waals surface area contributed by atoms with Gasteiger partial charge in [-0.2, -0.15) is 8.78 Å². The number of alkyl halides is 2. The topological polar surface area (TPSA) is 67.7 Å². The third kappa shape index (κ3) is 5.20. The number of rotatable bonds is 9. The maximum absolute atomic E-state index is 12.4. The van der Waals surface area contributed by atoms with Crippen molar-refractivity contribution < 1.29 is 21.9 Å². The molecule has 7 nitrogen and oxygen atoms in total. The summed E-state index contributed by atoms with van der Waals surface area (Å²) < 4.78 is 57.0. The molecule has 0 amide bonds. The van der Waals surface area contributed by atoms with E-state index >= 15 is 0 Å². The minimum atomic E-state index is -3.54. The van der Waals surface area contributed by atoms with Crippen LogP contribution in [0, 0.1) is 0 Å². The average molecular weight is 453 g/mol. The number of fused-ring (bicyclic) bond motifs is 1. The zero-order valence-electron chi connectivity index (χ0n) is 17.9. The Morgan fingerprint density at radius 3 is 2.32 bits per heavy atom. The Labute approximate surface area is 180 Å². The number of ether oxygens (including phenoxy) is 1. The molecule has 0 aliphatic heterocycles. The molecule has 0 radical (unpaired) electrons. The molecule has 0 N–H and O–H groups in total. The van der Waals surface area contributed by atoms with Crippen LogP contribution in [-0.2, 0) is 29.7 Å². The molecule has 1 heterocycles. The average Bonchev–Trinajstić information content (AvgIpc) is 3.04. The number of halogens is 2. The van der Waals surface area contributed by atoms with Crippen molar-refractivity contribution in [2.75, 3.05) is 21.1 Å². The van der Waals surface area contributed by atoms with Crippen molar-refractivity contribution in [1.29, 1.82) is 0 Å². The van der Waals surface area contributed by atoms with Crippen LogP contribution in [0.3, 0.4) is 0 Å². The van der Waals surface area contributed by atoms with Crippen LogP contribution in [0.15, 0.2) is 47.4 Å². The standard InChI is InChI=1S/C21H26F2N4O3S/c1-5-27-19-11-10-17(31(28,29)25(2)3)12-18(19)24-20(27)14-26(4)13-15-6-8-16(9-7-15)30-21(22)23/h6-12,21H,5,13-14H2,1-4H3. The molecule has 10 heteroatoms. The summed E-state index contributed by atoms with van der Waals surface area (Å²) in [6, 6.07) is 11.5. The van der Waals surface area contributed by atoms with Crippen LogP contribution in [0.2, 0.25) is 0 Å². The molecular weight excluding hydrogens is 426 g/mol. The molecule has 3 aromatic rings. The number of imidazole rings is 1. The van der Waals surface area contributed by atoms with Gasteiger partial charge in [-0.05, 0) is 49.9 Å². The van der Waals surface area contributed by atoms with E-state index in [1.807, 2.05) is 18.9 Å². The van der Waals surface area contributed by atoms with Gasteiger partial charge < -0.3 is 9.30 Å². The summed E-state index contributed by atoms with van der Waals surface area (Å²) >= 11 is 0. The molecule has 0 saturated carbocycles. The molecular formula is C21H26F2N4O3S. The van der Waals surface area contributed by atoms with Crippen LogP contribution in [0.1, 0.15) is 18.3 Å². The predicted molar refractivity (Wildman–Crippen MR) is 115 cm³/mol. The third-order valence-corrected chi connectivity index (χ3v) is 6.72. The number of aromatic nitrogens is 2. The van der Waals surface area contributed by atoms with Crippen molar-refractivity contribution in [3.63, 3.8) is 0 Å². The number of aryl methyl sites for hydroxylation is 1. The molecule has 1 aromatic heterocycles. The van der Waals surface area contributed by atoms with Gasteiger partial charge in [0.15, 0.2) is 0 Å². The normalized spacial score (nSPS) is 12.4. The third-order valence-electron chi connectivity index (χ3n) is 4.91. The van der Waals surface area contributed by atoms with E-state index in [-0.39, 0.29) is 10.6 Å². The van der Waals surface area contributed by atoms with Gasteiger partial charge >= 0.3 is 6.61 Å². The van der Waals surface area contributed by atoms with E-state index in [9.17, 15) is 17.2 Å². The summed E-state index contributed by atoms with van der Waals surface area (Å²) in [5, 5.41) is 0. The van der Waals surface area contributed by atoms with E-state index < -0.39 is 16.6 Å². The molecule has 3 rings (SSSR count). The first-order chi connectivity index (χ1) is 14.6. The highest BCUT2D eigenvalue weighted by molar-refractivity contribution is 7.89. The Morgan fingerprint density at radius 1 is 1.06 bits per heavy atom. The summed E-state index contributed by atoms with van der Waals surface area (Å²) in [7, 11) is 1.39. The van der Waals surface area contributed by atoms with E-state index in [4.69, 9.17) is 0 Å². The van der Waals surface area contributed by atoms with Crippen molar-refractivity contribution in [1.82, 2.24) is 18.8 Å². The molecule has 31 heavy (non-hydrogen) atoms. The Bertz CT molecular complexity index is 1150. The second-order valence-corrected chi connectivity index (χ2v) is 9.56. The van der Waals surface area contributed by atoms with Crippen LogP contribution in [-0.4, -0.2) is 54.9 Å². The van der Waals surface area contributed by atoms with Crippen LogP contribution < -0.4 is 4.74 Å². The predicted octanol–water partition coefficient (Wildman–Crippen LogP) is 3.54. The fourth-order valence-electron chi connectivity index (χ4n) is 3.39. The number of hydrogen-bond donors (Lipinski definition) is 0. The number of hydrogen-bond acceptors (Lipinski definition) is 5. The smallest absolute Gasteiger partial charge is 0.387 e. The first-order valence-electron chi connectivity index (χ1n) is 9.75. The fraction of sp³-hybridized carbons (Fsp3) is 0.381. The van der Waals surface area contributed by atoms with E-state index in [2.05, 4.69) is 14.3 Å². The molecule has 0 fully saturated rings. The maximum Gasteiger partial charge on any atom is 0.387 e. The van der Waals surface area contributed by atoms with Crippen LogP contribution in [0.4, 0.5) is 8.78 Å². The quantitative estimate of drug-likeness (QED) is 0.497. The first kappa shape index (κ1) is 23.1.